The van der Waals surface area contributed by atoms with Crippen LogP contribution >= 0.6 is 28.1 Å². The van der Waals surface area contributed by atoms with E-state index >= 15 is 0 Å². The van der Waals surface area contributed by atoms with Gasteiger partial charge in [-0.15, -0.1) is 0 Å². The minimum absolute atomic E-state index is 0.0578. The summed E-state index contributed by atoms with van der Waals surface area (Å²) in [6, 6.07) is 12.3. The predicted octanol–water partition coefficient (Wildman–Crippen LogP) is 3.96. The molecule has 0 saturated carbocycles. The number of carbonyl (C=O) groups excluding carboxylic acids is 2. The van der Waals surface area contributed by atoms with Gasteiger partial charge in [0.25, 0.3) is 5.91 Å². The van der Waals surface area contributed by atoms with Crippen molar-refractivity contribution in [3.63, 3.8) is 0 Å². The Balaban J connectivity index is 2.04. The van der Waals surface area contributed by atoms with Crippen LogP contribution in [0.2, 0.25) is 0 Å². The summed E-state index contributed by atoms with van der Waals surface area (Å²) in [6.07, 6.45) is 0. The number of hydrogen-bond donors (Lipinski definition) is 2. The highest BCUT2D eigenvalue weighted by Crippen LogP contribution is 2.23. The molecule has 0 bridgehead atoms. The Hall–Kier alpha value is -2.45. The van der Waals surface area contributed by atoms with Gasteiger partial charge in [-0.25, -0.2) is 0 Å². The summed E-state index contributed by atoms with van der Waals surface area (Å²) in [5.41, 5.74) is 1.84. The zero-order valence-corrected chi connectivity index (χ0v) is 17.6. The Bertz CT molecular complexity index is 856. The highest BCUT2D eigenvalue weighted by molar-refractivity contribution is 9.10. The van der Waals surface area contributed by atoms with Crippen LogP contribution < -0.4 is 20.3 Å². The summed E-state index contributed by atoms with van der Waals surface area (Å²) < 4.78 is 6.25. The van der Waals surface area contributed by atoms with E-state index in [0.29, 0.717) is 23.6 Å². The van der Waals surface area contributed by atoms with Crippen LogP contribution in [0.25, 0.3) is 0 Å². The van der Waals surface area contributed by atoms with Crippen LogP contribution in [0.4, 0.5) is 11.4 Å². The number of rotatable bonds is 5. The summed E-state index contributed by atoms with van der Waals surface area (Å²) in [5.74, 6) is 0.0559. The van der Waals surface area contributed by atoms with Crippen molar-refractivity contribution in [1.82, 2.24) is 5.32 Å². The van der Waals surface area contributed by atoms with E-state index in [2.05, 4.69) is 26.6 Å². The number of carbonyl (C=O) groups is 2. The molecule has 2 N–H and O–H groups in total. The van der Waals surface area contributed by atoms with Gasteiger partial charge in [-0.3, -0.25) is 14.9 Å². The topological polar surface area (TPSA) is 70.7 Å². The van der Waals surface area contributed by atoms with Gasteiger partial charge in [0.05, 0.1) is 12.2 Å². The fourth-order valence-electron chi connectivity index (χ4n) is 2.24. The van der Waals surface area contributed by atoms with Crippen LogP contribution in [0.3, 0.4) is 0 Å². The van der Waals surface area contributed by atoms with E-state index in [9.17, 15) is 9.59 Å². The molecule has 0 heterocycles. The van der Waals surface area contributed by atoms with Crippen LogP contribution in [0.15, 0.2) is 46.9 Å². The number of nitrogens with one attached hydrogen (secondary N) is 2. The molecule has 0 aromatic heterocycles. The van der Waals surface area contributed by atoms with Gasteiger partial charge in [-0.05, 0) is 61.6 Å². The summed E-state index contributed by atoms with van der Waals surface area (Å²) in [6.45, 7) is 3.80. The van der Waals surface area contributed by atoms with Crippen LogP contribution in [-0.2, 0) is 4.79 Å². The number of ether oxygens (including phenoxy) is 1. The first-order valence-corrected chi connectivity index (χ1v) is 9.41. The van der Waals surface area contributed by atoms with E-state index in [1.165, 1.54) is 11.8 Å². The second-order valence-corrected chi connectivity index (χ2v) is 6.93. The van der Waals surface area contributed by atoms with Gasteiger partial charge in [-0.1, -0.05) is 15.9 Å². The van der Waals surface area contributed by atoms with Crippen molar-refractivity contribution >= 4 is 56.4 Å². The monoisotopic (exact) mass is 449 g/mol. The van der Waals surface area contributed by atoms with Crippen LogP contribution in [-0.4, -0.2) is 30.6 Å². The molecule has 0 aliphatic rings. The van der Waals surface area contributed by atoms with Crippen LogP contribution in [0, 0.1) is 0 Å². The maximum Gasteiger partial charge on any atom is 0.261 e. The number of hydrogen-bond acceptors (Lipinski definition) is 4. The minimum Gasteiger partial charge on any atom is -0.493 e. The van der Waals surface area contributed by atoms with Gasteiger partial charge in [-0.2, -0.15) is 0 Å². The molecule has 0 aliphatic carbocycles. The zero-order valence-electron chi connectivity index (χ0n) is 15.2. The first kappa shape index (κ1) is 20.9. The van der Waals surface area contributed by atoms with E-state index in [0.717, 1.165) is 10.2 Å². The van der Waals surface area contributed by atoms with Crippen molar-refractivity contribution in [3.8, 4) is 5.75 Å². The zero-order chi connectivity index (χ0) is 20.0. The van der Waals surface area contributed by atoms with Gasteiger partial charge in [0.15, 0.2) is 5.11 Å². The number of thiocarbonyl (C=S) groups is 1. The van der Waals surface area contributed by atoms with E-state index in [1.54, 1.807) is 49.5 Å². The molecule has 27 heavy (non-hydrogen) atoms. The Morgan fingerprint density at radius 3 is 2.44 bits per heavy atom. The third kappa shape index (κ3) is 5.77. The maximum atomic E-state index is 12.5. The van der Waals surface area contributed by atoms with Crippen molar-refractivity contribution in [1.29, 1.82) is 0 Å². The first-order chi connectivity index (χ1) is 12.8. The second kappa shape index (κ2) is 9.48. The van der Waals surface area contributed by atoms with Crippen molar-refractivity contribution in [3.05, 3.63) is 52.5 Å². The largest absolute Gasteiger partial charge is 0.493 e. The quantitative estimate of drug-likeness (QED) is 0.675. The molecule has 0 atom stereocenters. The third-order valence-electron chi connectivity index (χ3n) is 3.70. The standard InChI is InChI=1S/C19H20BrN3O3S/c1-4-26-17-10-5-13(20)11-16(17)18(25)22-19(27)21-14-6-8-15(9-7-14)23(3)12(2)24/h5-11H,4H2,1-3H3,(H2,21,22,25,27). The molecule has 2 amide bonds. The minimum atomic E-state index is -0.370. The van der Waals surface area contributed by atoms with Gasteiger partial charge >= 0.3 is 0 Å². The second-order valence-electron chi connectivity index (χ2n) is 5.61. The van der Waals surface area contributed by atoms with Crippen molar-refractivity contribution in [2.24, 2.45) is 0 Å². The average molecular weight is 450 g/mol. The number of halogens is 1. The molecule has 0 fully saturated rings. The van der Waals surface area contributed by atoms with Crippen LogP contribution in [0.1, 0.15) is 24.2 Å². The summed E-state index contributed by atoms with van der Waals surface area (Å²) >= 11 is 8.57. The first-order valence-electron chi connectivity index (χ1n) is 8.21. The fourth-order valence-corrected chi connectivity index (χ4v) is 2.82. The summed E-state index contributed by atoms with van der Waals surface area (Å²) in [4.78, 5) is 25.5. The molecule has 2 aromatic rings. The number of nitrogens with zero attached hydrogens (tertiary/aromatic N) is 1. The van der Waals surface area contributed by atoms with E-state index < -0.39 is 0 Å². The van der Waals surface area contributed by atoms with Crippen molar-refractivity contribution in [2.45, 2.75) is 13.8 Å². The van der Waals surface area contributed by atoms with Crippen molar-refractivity contribution in [2.75, 3.05) is 23.9 Å². The maximum absolute atomic E-state index is 12.5. The van der Waals surface area contributed by atoms with Crippen molar-refractivity contribution < 1.29 is 14.3 Å². The Labute approximate surface area is 172 Å². The molecule has 0 unspecified atom stereocenters. The molecule has 6 nitrogen and oxygen atoms in total. The lowest BCUT2D eigenvalue weighted by atomic mass is 10.2. The van der Waals surface area contributed by atoms with Gasteiger partial charge in [0.2, 0.25) is 5.91 Å². The number of amides is 2. The fraction of sp³-hybridized carbons (Fsp3) is 0.211. The normalized spacial score (nSPS) is 10.1. The van der Waals surface area contributed by atoms with E-state index in [1.807, 2.05) is 6.92 Å². The van der Waals surface area contributed by atoms with E-state index in [-0.39, 0.29) is 16.9 Å². The van der Waals surface area contributed by atoms with Gasteiger partial charge in [0.1, 0.15) is 5.75 Å². The number of anilines is 2. The highest BCUT2D eigenvalue weighted by atomic mass is 79.9. The van der Waals surface area contributed by atoms with E-state index in [4.69, 9.17) is 17.0 Å². The Kier molecular flexibility index (Phi) is 7.32. The molecule has 8 heteroatoms. The SMILES string of the molecule is CCOc1ccc(Br)cc1C(=O)NC(=S)Nc1ccc(N(C)C(C)=O)cc1. The molecular weight excluding hydrogens is 430 g/mol. The predicted molar refractivity (Wildman–Crippen MR) is 115 cm³/mol. The molecule has 0 saturated heterocycles. The smallest absolute Gasteiger partial charge is 0.261 e. The Morgan fingerprint density at radius 2 is 1.85 bits per heavy atom. The molecule has 2 rings (SSSR count). The molecule has 2 aromatic carbocycles. The molecule has 0 radical (unpaired) electrons. The highest BCUT2D eigenvalue weighted by Gasteiger charge is 2.15. The molecule has 0 spiro atoms. The lowest BCUT2D eigenvalue weighted by Gasteiger charge is -2.16. The van der Waals surface area contributed by atoms with Gasteiger partial charge in [0, 0.05) is 29.8 Å². The molecular formula is C19H20BrN3O3S. The summed E-state index contributed by atoms with van der Waals surface area (Å²) in [5, 5.41) is 5.75. The Morgan fingerprint density at radius 1 is 1.19 bits per heavy atom. The van der Waals surface area contributed by atoms with Crippen LogP contribution in [0.5, 0.6) is 5.75 Å². The summed E-state index contributed by atoms with van der Waals surface area (Å²) in [7, 11) is 1.70. The lowest BCUT2D eigenvalue weighted by molar-refractivity contribution is -0.116. The van der Waals surface area contributed by atoms with Gasteiger partial charge < -0.3 is 15.0 Å². The molecule has 0 aliphatic heterocycles. The lowest BCUT2D eigenvalue weighted by Crippen LogP contribution is -2.34. The molecule has 142 valence electrons. The third-order valence-corrected chi connectivity index (χ3v) is 4.40. The average Bonchev–Trinajstić information content (AvgIpc) is 2.63. The number of benzene rings is 2.